The van der Waals surface area contributed by atoms with Gasteiger partial charge in [0, 0.05) is 11.3 Å². The molecule has 2 aliphatic heterocycles. The fourth-order valence-corrected chi connectivity index (χ4v) is 6.00. The minimum absolute atomic E-state index is 0.0863. The summed E-state index contributed by atoms with van der Waals surface area (Å²) >= 11 is 0. The minimum Gasteiger partial charge on any atom is -0.504 e. The van der Waals surface area contributed by atoms with Crippen LogP contribution in [0.1, 0.15) is 48.2 Å². The number of ether oxygens (including phenoxy) is 1. The van der Waals surface area contributed by atoms with Crippen LogP contribution in [0.2, 0.25) is 0 Å². The number of aliphatic imine (C=N–C) groups is 2. The molecule has 8 nitrogen and oxygen atoms in total. The standard InChI is InChI=1S/C36H34N6O2/c1-4-5-11-24-16-19-26(20-17-24)37-34-36-39-35-32(23(2)40-42(35)27-12-7-6-8-13-27)33(25-18-21-30(43)31(22-25)44-3)41(36)29-15-10-9-14-28(29)38-34/h6-10,12-22,33,43H,4-5,11H2,1-3H3,(H,37,38)/t33-/m1/s1. The molecule has 8 heteroatoms. The summed E-state index contributed by atoms with van der Waals surface area (Å²) in [4.78, 5) is 12.6. The average molecular weight is 583 g/mol. The molecule has 44 heavy (non-hydrogen) atoms. The van der Waals surface area contributed by atoms with E-state index in [0.29, 0.717) is 17.4 Å². The number of fused-ring (bicyclic) bond motifs is 4. The van der Waals surface area contributed by atoms with Crippen molar-refractivity contribution in [3.05, 3.63) is 119 Å². The molecule has 0 fully saturated rings. The summed E-state index contributed by atoms with van der Waals surface area (Å²) in [5.74, 6) is 2.55. The number of hydrogen-bond donors (Lipinski definition) is 2. The van der Waals surface area contributed by atoms with E-state index < -0.39 is 0 Å². The van der Waals surface area contributed by atoms with Gasteiger partial charge in [-0.25, -0.2) is 14.7 Å². The molecule has 1 aromatic heterocycles. The van der Waals surface area contributed by atoms with Crippen LogP contribution in [0.25, 0.3) is 5.69 Å². The number of rotatable bonds is 7. The van der Waals surface area contributed by atoms with Crippen molar-refractivity contribution >= 4 is 34.6 Å². The highest BCUT2D eigenvalue weighted by Crippen LogP contribution is 2.49. The van der Waals surface area contributed by atoms with E-state index in [2.05, 4.69) is 47.5 Å². The third kappa shape index (κ3) is 4.78. The van der Waals surface area contributed by atoms with Crippen LogP contribution >= 0.6 is 0 Å². The molecule has 2 N–H and O–H groups in total. The van der Waals surface area contributed by atoms with Gasteiger partial charge in [0.25, 0.3) is 0 Å². The Morgan fingerprint density at radius 1 is 0.909 bits per heavy atom. The Morgan fingerprint density at radius 2 is 1.68 bits per heavy atom. The number of aromatic nitrogens is 2. The number of amidine groups is 2. The van der Waals surface area contributed by atoms with E-state index in [-0.39, 0.29) is 11.8 Å². The molecule has 0 spiro atoms. The Labute approximate surface area is 257 Å². The van der Waals surface area contributed by atoms with Crippen LogP contribution in [-0.2, 0) is 6.42 Å². The van der Waals surface area contributed by atoms with Crippen LogP contribution < -0.4 is 15.0 Å². The number of nitrogens with one attached hydrogen (secondary N) is 1. The summed E-state index contributed by atoms with van der Waals surface area (Å²) in [6.07, 6.45) is 3.40. The molecule has 5 aromatic rings. The highest BCUT2D eigenvalue weighted by molar-refractivity contribution is 6.51. The lowest BCUT2D eigenvalue weighted by Gasteiger charge is -2.40. The van der Waals surface area contributed by atoms with Crippen molar-refractivity contribution in [2.24, 2.45) is 9.98 Å². The molecule has 1 atom stereocenters. The molecule has 0 bridgehead atoms. The fourth-order valence-electron chi connectivity index (χ4n) is 6.00. The number of hydrogen-bond acceptors (Lipinski definition) is 7. The van der Waals surface area contributed by atoms with Crippen LogP contribution in [0.3, 0.4) is 0 Å². The van der Waals surface area contributed by atoms with Gasteiger partial charge in [-0.05, 0) is 79.4 Å². The van der Waals surface area contributed by atoms with Crippen molar-refractivity contribution in [1.29, 1.82) is 0 Å². The van der Waals surface area contributed by atoms with E-state index in [1.807, 2.05) is 72.3 Å². The van der Waals surface area contributed by atoms with Gasteiger partial charge in [-0.3, -0.25) is 0 Å². The Kier molecular flexibility index (Phi) is 7.10. The molecular formula is C36H34N6O2. The first kappa shape index (κ1) is 27.5. The first-order valence-electron chi connectivity index (χ1n) is 15.0. The molecule has 7 rings (SSSR count). The predicted octanol–water partition coefficient (Wildman–Crippen LogP) is 8.03. The van der Waals surface area contributed by atoms with E-state index in [0.717, 1.165) is 51.8 Å². The fraction of sp³-hybridized carbons (Fsp3) is 0.194. The third-order valence-electron chi connectivity index (χ3n) is 8.19. The topological polar surface area (TPSA) is 87.3 Å². The van der Waals surface area contributed by atoms with E-state index in [4.69, 9.17) is 19.8 Å². The monoisotopic (exact) mass is 582 g/mol. The Balaban J connectivity index is 1.43. The zero-order chi connectivity index (χ0) is 30.2. The van der Waals surface area contributed by atoms with Gasteiger partial charge in [0.05, 0.1) is 35.9 Å². The summed E-state index contributed by atoms with van der Waals surface area (Å²) in [5.41, 5.74) is 7.71. The zero-order valence-electron chi connectivity index (χ0n) is 25.0. The van der Waals surface area contributed by atoms with E-state index >= 15 is 0 Å². The molecule has 0 aliphatic carbocycles. The maximum atomic E-state index is 10.5. The molecular weight excluding hydrogens is 548 g/mol. The van der Waals surface area contributed by atoms with Gasteiger partial charge < -0.3 is 20.1 Å². The lowest BCUT2D eigenvalue weighted by atomic mass is 9.93. The number of nitrogens with zero attached hydrogens (tertiary/aromatic N) is 5. The molecule has 2 aliphatic rings. The van der Waals surface area contributed by atoms with Crippen molar-refractivity contribution < 1.29 is 9.84 Å². The Hall–Kier alpha value is -5.37. The van der Waals surface area contributed by atoms with Crippen LogP contribution in [0.4, 0.5) is 22.9 Å². The van der Waals surface area contributed by atoms with Crippen molar-refractivity contribution in [3.63, 3.8) is 0 Å². The summed E-state index contributed by atoms with van der Waals surface area (Å²) in [5, 5.41) is 19.1. The second-order valence-corrected chi connectivity index (χ2v) is 11.1. The van der Waals surface area contributed by atoms with E-state index in [9.17, 15) is 5.11 Å². The SMILES string of the molecule is CCCCc1ccc(NC2=Nc3ccccc3N3C2=Nc2c(c(C)nn2-c2ccccc2)[C@H]3c2ccc(O)c(OC)c2)cc1. The lowest BCUT2D eigenvalue weighted by molar-refractivity contribution is 0.372. The largest absolute Gasteiger partial charge is 0.504 e. The highest BCUT2D eigenvalue weighted by atomic mass is 16.5. The van der Waals surface area contributed by atoms with Crippen molar-refractivity contribution in [1.82, 2.24) is 9.78 Å². The molecule has 3 heterocycles. The van der Waals surface area contributed by atoms with Crippen LogP contribution in [0.5, 0.6) is 11.5 Å². The van der Waals surface area contributed by atoms with Gasteiger partial charge in [-0.1, -0.05) is 61.9 Å². The molecule has 0 radical (unpaired) electrons. The van der Waals surface area contributed by atoms with Gasteiger partial charge >= 0.3 is 0 Å². The van der Waals surface area contributed by atoms with Crippen LogP contribution in [0.15, 0.2) is 107 Å². The molecule has 4 aromatic carbocycles. The number of anilines is 2. The Bertz CT molecular complexity index is 1890. The number of unbranched alkanes of at least 4 members (excludes halogenated alkanes) is 1. The first-order valence-corrected chi connectivity index (χ1v) is 15.0. The van der Waals surface area contributed by atoms with Crippen molar-refractivity contribution in [3.8, 4) is 17.2 Å². The smallest absolute Gasteiger partial charge is 0.179 e. The zero-order valence-corrected chi connectivity index (χ0v) is 25.0. The number of methoxy groups -OCH3 is 1. The van der Waals surface area contributed by atoms with Crippen molar-refractivity contribution in [2.75, 3.05) is 17.3 Å². The molecule has 220 valence electrons. The number of para-hydroxylation sites is 3. The summed E-state index contributed by atoms with van der Waals surface area (Å²) in [6.45, 7) is 4.23. The first-order chi connectivity index (χ1) is 21.6. The Morgan fingerprint density at radius 3 is 2.45 bits per heavy atom. The molecule has 0 unspecified atom stereocenters. The normalized spacial score (nSPS) is 15.1. The van der Waals surface area contributed by atoms with Gasteiger partial charge in [0.2, 0.25) is 0 Å². The van der Waals surface area contributed by atoms with Gasteiger partial charge in [0.1, 0.15) is 0 Å². The number of phenols is 1. The van der Waals surface area contributed by atoms with Gasteiger partial charge in [-0.15, -0.1) is 0 Å². The predicted molar refractivity (Wildman–Crippen MR) is 177 cm³/mol. The second-order valence-electron chi connectivity index (χ2n) is 11.1. The summed E-state index contributed by atoms with van der Waals surface area (Å²) < 4.78 is 7.46. The second kappa shape index (κ2) is 11.4. The quantitative estimate of drug-likeness (QED) is 0.203. The number of aryl methyl sites for hydroxylation is 2. The average Bonchev–Trinajstić information content (AvgIpc) is 3.40. The number of phenolic OH excluding ortho intramolecular Hbond substituents is 1. The van der Waals surface area contributed by atoms with Crippen LogP contribution in [-0.4, -0.2) is 33.7 Å². The minimum atomic E-state index is -0.325. The van der Waals surface area contributed by atoms with Gasteiger partial charge in [-0.2, -0.15) is 5.10 Å². The van der Waals surface area contributed by atoms with Gasteiger partial charge in [0.15, 0.2) is 29.0 Å². The maximum absolute atomic E-state index is 10.5. The summed E-state index contributed by atoms with van der Waals surface area (Å²) in [7, 11) is 1.56. The maximum Gasteiger partial charge on any atom is 0.179 e. The molecule has 0 saturated carbocycles. The number of benzene rings is 4. The summed E-state index contributed by atoms with van der Waals surface area (Å²) in [6, 6.07) is 31.9. The third-order valence-corrected chi connectivity index (χ3v) is 8.19. The van der Waals surface area contributed by atoms with Crippen LogP contribution in [0, 0.1) is 6.92 Å². The van der Waals surface area contributed by atoms with E-state index in [1.54, 1.807) is 13.2 Å². The molecule has 0 amide bonds. The lowest BCUT2D eigenvalue weighted by Crippen LogP contribution is -2.46. The van der Waals surface area contributed by atoms with Crippen molar-refractivity contribution in [2.45, 2.75) is 39.2 Å². The highest BCUT2D eigenvalue weighted by Gasteiger charge is 2.41. The molecule has 0 saturated heterocycles. The number of aromatic hydroxyl groups is 1. The van der Waals surface area contributed by atoms with E-state index in [1.165, 1.54) is 18.4 Å².